The first-order chi connectivity index (χ1) is 7.72. The Balaban J connectivity index is 3.41. The van der Waals surface area contributed by atoms with Gasteiger partial charge in [-0.05, 0) is 12.5 Å². The minimum atomic E-state index is -0.887. The molecule has 16 heavy (non-hydrogen) atoms. The lowest BCUT2D eigenvalue weighted by atomic mass is 10.2. The number of aliphatic carboxylic acids is 1. The van der Waals surface area contributed by atoms with Crippen LogP contribution < -0.4 is 0 Å². The van der Waals surface area contributed by atoms with Gasteiger partial charge in [-0.15, -0.1) is 0 Å². The minimum absolute atomic E-state index is 0.309. The highest BCUT2D eigenvalue weighted by atomic mass is 16.5. The molecule has 0 amide bonds. The van der Waals surface area contributed by atoms with E-state index < -0.39 is 5.97 Å². The third-order valence-electron chi connectivity index (χ3n) is 1.91. The van der Waals surface area contributed by atoms with Crippen LogP contribution in [0.15, 0.2) is 11.6 Å². The topological polar surface area (TPSA) is 65.0 Å². The monoisotopic (exact) mass is 232 g/mol. The fourth-order valence-electron chi connectivity index (χ4n) is 0.988. The molecule has 0 aliphatic rings. The zero-order valence-corrected chi connectivity index (χ0v) is 9.90. The minimum Gasteiger partial charge on any atom is -0.478 e. The first kappa shape index (κ1) is 15.1. The molecule has 0 aliphatic carbocycles. The Morgan fingerprint density at radius 2 is 1.81 bits per heavy atom. The maximum Gasteiger partial charge on any atom is 0.331 e. The van der Waals surface area contributed by atoms with Crippen LogP contribution in [0.25, 0.3) is 0 Å². The summed E-state index contributed by atoms with van der Waals surface area (Å²) in [4.78, 5) is 10.6. The van der Waals surface area contributed by atoms with Crippen molar-refractivity contribution in [2.45, 2.75) is 13.3 Å². The third-order valence-corrected chi connectivity index (χ3v) is 1.91. The number of carboxylic acids is 1. The number of carbonyl (C=O) groups is 1. The van der Waals surface area contributed by atoms with Crippen LogP contribution >= 0.6 is 0 Å². The Bertz CT molecular complexity index is 212. The molecule has 0 heterocycles. The molecule has 1 N–H and O–H groups in total. The van der Waals surface area contributed by atoms with E-state index in [0.29, 0.717) is 45.0 Å². The molecule has 0 saturated heterocycles. The summed E-state index contributed by atoms with van der Waals surface area (Å²) in [5.74, 6) is -0.887. The molecule has 0 radical (unpaired) electrons. The molecule has 5 heteroatoms. The van der Waals surface area contributed by atoms with Crippen LogP contribution in [0, 0.1) is 0 Å². The van der Waals surface area contributed by atoms with E-state index >= 15 is 0 Å². The molecule has 0 atom stereocenters. The lowest BCUT2D eigenvalue weighted by Gasteiger charge is -2.04. The zero-order chi connectivity index (χ0) is 12.2. The van der Waals surface area contributed by atoms with Crippen LogP contribution in [0.2, 0.25) is 0 Å². The second-order valence-electron chi connectivity index (χ2n) is 3.07. The number of hydrogen-bond acceptors (Lipinski definition) is 4. The van der Waals surface area contributed by atoms with Gasteiger partial charge in [0.1, 0.15) is 0 Å². The summed E-state index contributed by atoms with van der Waals surface area (Å²) in [7, 11) is 1.61. The summed E-state index contributed by atoms with van der Waals surface area (Å²) in [6, 6.07) is 0. The highest BCUT2D eigenvalue weighted by molar-refractivity contribution is 5.86. The summed E-state index contributed by atoms with van der Waals surface area (Å²) in [6.07, 6.45) is 2.08. The molecule has 0 rings (SSSR count). The number of rotatable bonds is 10. The molecule has 0 bridgehead atoms. The van der Waals surface area contributed by atoms with Crippen molar-refractivity contribution in [2.24, 2.45) is 0 Å². The van der Waals surface area contributed by atoms with Crippen LogP contribution in [-0.4, -0.2) is 51.2 Å². The number of carboxylic acid groups (broad SMARTS) is 1. The zero-order valence-electron chi connectivity index (χ0n) is 9.90. The van der Waals surface area contributed by atoms with Crippen molar-refractivity contribution in [1.29, 1.82) is 0 Å². The second-order valence-corrected chi connectivity index (χ2v) is 3.07. The van der Waals surface area contributed by atoms with Crippen LogP contribution in [-0.2, 0) is 19.0 Å². The molecule has 0 fully saturated rings. The van der Waals surface area contributed by atoms with Crippen molar-refractivity contribution in [3.63, 3.8) is 0 Å². The van der Waals surface area contributed by atoms with E-state index in [1.807, 2.05) is 0 Å². The summed E-state index contributed by atoms with van der Waals surface area (Å²) in [5, 5.41) is 8.71. The molecule has 0 aromatic heterocycles. The van der Waals surface area contributed by atoms with Crippen molar-refractivity contribution >= 4 is 5.97 Å². The van der Waals surface area contributed by atoms with Gasteiger partial charge in [-0.3, -0.25) is 0 Å². The fraction of sp³-hybridized carbons (Fsp3) is 0.727. The Morgan fingerprint density at radius 1 is 1.19 bits per heavy atom. The molecule has 94 valence electrons. The third kappa shape index (κ3) is 8.40. The van der Waals surface area contributed by atoms with E-state index in [-0.39, 0.29) is 0 Å². The van der Waals surface area contributed by atoms with Gasteiger partial charge in [0.05, 0.1) is 33.0 Å². The highest BCUT2D eigenvalue weighted by Crippen LogP contribution is 1.99. The molecule has 0 saturated carbocycles. The van der Waals surface area contributed by atoms with Gasteiger partial charge in [-0.25, -0.2) is 4.79 Å². The predicted octanol–water partition coefficient (Wildman–Crippen LogP) is 1.09. The Morgan fingerprint density at radius 3 is 2.38 bits per heavy atom. The standard InChI is InChI=1S/C11H20O5/c1-3-10(11(12)13)4-5-15-8-9-16-7-6-14-2/h4H,3,5-9H2,1-2H3,(H,12,13). The van der Waals surface area contributed by atoms with Gasteiger partial charge < -0.3 is 19.3 Å². The van der Waals surface area contributed by atoms with Gasteiger partial charge in [-0.1, -0.05) is 6.92 Å². The van der Waals surface area contributed by atoms with Gasteiger partial charge in [-0.2, -0.15) is 0 Å². The molecule has 0 aromatic carbocycles. The molecular formula is C11H20O5. The van der Waals surface area contributed by atoms with Gasteiger partial charge in [0.2, 0.25) is 0 Å². The van der Waals surface area contributed by atoms with Crippen LogP contribution in [0.4, 0.5) is 0 Å². The highest BCUT2D eigenvalue weighted by Gasteiger charge is 2.02. The van der Waals surface area contributed by atoms with E-state index in [1.54, 1.807) is 20.1 Å². The first-order valence-corrected chi connectivity index (χ1v) is 5.29. The molecule has 0 aromatic rings. The Labute approximate surface area is 96.0 Å². The van der Waals surface area contributed by atoms with Crippen LogP contribution in [0.5, 0.6) is 0 Å². The molecule has 0 aliphatic heterocycles. The van der Waals surface area contributed by atoms with Crippen molar-refractivity contribution in [1.82, 2.24) is 0 Å². The van der Waals surface area contributed by atoms with Gasteiger partial charge in [0, 0.05) is 12.7 Å². The number of hydrogen-bond donors (Lipinski definition) is 1. The Hall–Kier alpha value is -0.910. The normalized spacial score (nSPS) is 11.8. The van der Waals surface area contributed by atoms with Crippen LogP contribution in [0.3, 0.4) is 0 Å². The fourth-order valence-corrected chi connectivity index (χ4v) is 0.988. The smallest absolute Gasteiger partial charge is 0.331 e. The van der Waals surface area contributed by atoms with Crippen molar-refractivity contribution in [2.75, 3.05) is 40.1 Å². The van der Waals surface area contributed by atoms with E-state index in [4.69, 9.17) is 19.3 Å². The largest absolute Gasteiger partial charge is 0.478 e. The van der Waals surface area contributed by atoms with Gasteiger partial charge in [0.15, 0.2) is 0 Å². The van der Waals surface area contributed by atoms with Crippen molar-refractivity contribution in [3.05, 3.63) is 11.6 Å². The summed E-state index contributed by atoms with van der Waals surface area (Å²) in [6.45, 7) is 4.17. The first-order valence-electron chi connectivity index (χ1n) is 5.29. The van der Waals surface area contributed by atoms with Crippen LogP contribution in [0.1, 0.15) is 13.3 Å². The van der Waals surface area contributed by atoms with Gasteiger partial charge >= 0.3 is 5.97 Å². The maximum absolute atomic E-state index is 10.6. The van der Waals surface area contributed by atoms with Crippen molar-refractivity contribution < 1.29 is 24.1 Å². The maximum atomic E-state index is 10.6. The van der Waals surface area contributed by atoms with E-state index in [9.17, 15) is 4.79 Å². The second kappa shape index (κ2) is 10.6. The van der Waals surface area contributed by atoms with E-state index in [1.165, 1.54) is 0 Å². The van der Waals surface area contributed by atoms with E-state index in [0.717, 1.165) is 0 Å². The van der Waals surface area contributed by atoms with Gasteiger partial charge in [0.25, 0.3) is 0 Å². The SMILES string of the molecule is CCC(=CCOCCOCCOC)C(=O)O. The lowest BCUT2D eigenvalue weighted by Crippen LogP contribution is -2.09. The summed E-state index contributed by atoms with van der Waals surface area (Å²) in [5.41, 5.74) is 0.375. The molecular weight excluding hydrogens is 212 g/mol. The molecule has 0 unspecified atom stereocenters. The van der Waals surface area contributed by atoms with E-state index in [2.05, 4.69) is 0 Å². The Kier molecular flexibility index (Phi) is 10.00. The predicted molar refractivity (Wildman–Crippen MR) is 59.5 cm³/mol. The lowest BCUT2D eigenvalue weighted by molar-refractivity contribution is -0.132. The average molecular weight is 232 g/mol. The summed E-state index contributed by atoms with van der Waals surface area (Å²) >= 11 is 0. The molecule has 0 spiro atoms. The summed E-state index contributed by atoms with van der Waals surface area (Å²) < 4.78 is 15.2. The number of methoxy groups -OCH3 is 1. The quantitative estimate of drug-likeness (QED) is 0.451. The average Bonchev–Trinajstić information content (AvgIpc) is 2.26. The van der Waals surface area contributed by atoms with Crippen molar-refractivity contribution in [3.8, 4) is 0 Å². The molecule has 5 nitrogen and oxygen atoms in total. The number of ether oxygens (including phenoxy) is 3.